The average molecular weight is 265 g/mol. The highest BCUT2D eigenvalue weighted by Crippen LogP contribution is 2.09. The average Bonchev–Trinajstić information content (AvgIpc) is 2.76. The lowest BCUT2D eigenvalue weighted by atomic mass is 10.1. The first-order valence-electron chi connectivity index (χ1n) is 6.54. The van der Waals surface area contributed by atoms with Crippen LogP contribution in [0.15, 0.2) is 18.2 Å². The van der Waals surface area contributed by atoms with Gasteiger partial charge in [-0.1, -0.05) is 12.1 Å². The highest BCUT2D eigenvalue weighted by Gasteiger charge is 2.20. The molecule has 104 valence electrons. The predicted molar refractivity (Wildman–Crippen MR) is 72.0 cm³/mol. The Morgan fingerprint density at radius 3 is 3.00 bits per heavy atom. The quantitative estimate of drug-likeness (QED) is 0.846. The fourth-order valence-electron chi connectivity index (χ4n) is 2.21. The lowest BCUT2D eigenvalue weighted by Crippen LogP contribution is -2.37. The molecule has 1 saturated heterocycles. The maximum atomic E-state index is 13.3. The van der Waals surface area contributed by atoms with Crippen LogP contribution in [0, 0.1) is 12.7 Å². The number of halogens is 1. The van der Waals surface area contributed by atoms with Crippen LogP contribution in [0.25, 0.3) is 0 Å². The Labute approximate surface area is 112 Å². The van der Waals surface area contributed by atoms with Crippen molar-refractivity contribution in [2.45, 2.75) is 25.9 Å². The summed E-state index contributed by atoms with van der Waals surface area (Å²) in [4.78, 5) is 13.8. The van der Waals surface area contributed by atoms with Crippen LogP contribution in [0.5, 0.6) is 0 Å². The third kappa shape index (κ3) is 4.01. The summed E-state index contributed by atoms with van der Waals surface area (Å²) in [6, 6.07) is 5.18. The maximum Gasteiger partial charge on any atom is 0.234 e. The highest BCUT2D eigenvalue weighted by molar-refractivity contribution is 5.78. The molecule has 1 fully saturated rings. The van der Waals surface area contributed by atoms with Crippen LogP contribution in [-0.2, 0) is 11.3 Å². The van der Waals surface area contributed by atoms with Crippen LogP contribution < -0.4 is 11.1 Å². The molecule has 0 spiro atoms. The lowest BCUT2D eigenvalue weighted by Gasteiger charge is -2.14. The van der Waals surface area contributed by atoms with Crippen LogP contribution in [0.1, 0.15) is 17.5 Å². The fraction of sp³-hybridized carbons (Fsp3) is 0.500. The molecule has 2 rings (SSSR count). The molecule has 0 radical (unpaired) electrons. The number of benzene rings is 1. The first-order chi connectivity index (χ1) is 9.04. The fourth-order valence-corrected chi connectivity index (χ4v) is 2.21. The lowest BCUT2D eigenvalue weighted by molar-refractivity contribution is -0.122. The Morgan fingerprint density at radius 1 is 1.58 bits per heavy atom. The standard InChI is InChI=1S/C14H20FN3O/c1-10-2-3-11(6-13(10)15)7-17-14(19)9-18-5-4-12(16)8-18/h2-3,6,12H,4-5,7-9,16H2,1H3,(H,17,19). The Morgan fingerprint density at radius 2 is 2.37 bits per heavy atom. The van der Waals surface area contributed by atoms with E-state index in [2.05, 4.69) is 5.32 Å². The molecule has 0 saturated carbocycles. The Balaban J connectivity index is 1.78. The molecule has 3 N–H and O–H groups in total. The highest BCUT2D eigenvalue weighted by atomic mass is 19.1. The number of nitrogens with two attached hydrogens (primary N) is 1. The summed E-state index contributed by atoms with van der Waals surface area (Å²) < 4.78 is 13.3. The summed E-state index contributed by atoms with van der Waals surface area (Å²) in [6.45, 7) is 4.08. The van der Waals surface area contributed by atoms with E-state index in [4.69, 9.17) is 5.73 Å². The molecule has 1 unspecified atom stereocenters. The van der Waals surface area contributed by atoms with E-state index in [9.17, 15) is 9.18 Å². The summed E-state index contributed by atoms with van der Waals surface area (Å²) in [5.41, 5.74) is 7.17. The van der Waals surface area contributed by atoms with Gasteiger partial charge in [0.15, 0.2) is 0 Å². The number of carbonyl (C=O) groups is 1. The molecule has 1 heterocycles. The van der Waals surface area contributed by atoms with Gasteiger partial charge in [0.05, 0.1) is 6.54 Å². The van der Waals surface area contributed by atoms with E-state index in [0.717, 1.165) is 25.1 Å². The molecule has 1 amide bonds. The van der Waals surface area contributed by atoms with Crippen molar-refractivity contribution < 1.29 is 9.18 Å². The topological polar surface area (TPSA) is 58.4 Å². The minimum Gasteiger partial charge on any atom is -0.351 e. The van der Waals surface area contributed by atoms with Gasteiger partial charge in [-0.25, -0.2) is 4.39 Å². The van der Waals surface area contributed by atoms with Gasteiger partial charge in [0.25, 0.3) is 0 Å². The summed E-state index contributed by atoms with van der Waals surface area (Å²) >= 11 is 0. The summed E-state index contributed by atoms with van der Waals surface area (Å²) in [5.74, 6) is -0.285. The van der Waals surface area contributed by atoms with Crippen LogP contribution in [0.3, 0.4) is 0 Å². The summed E-state index contributed by atoms with van der Waals surface area (Å²) in [7, 11) is 0. The van der Waals surface area contributed by atoms with Crippen molar-refractivity contribution in [1.82, 2.24) is 10.2 Å². The molecule has 0 aliphatic carbocycles. The molecule has 1 aromatic carbocycles. The number of hydrogen-bond acceptors (Lipinski definition) is 3. The van der Waals surface area contributed by atoms with Gasteiger partial charge in [-0.2, -0.15) is 0 Å². The molecule has 0 bridgehead atoms. The van der Waals surface area contributed by atoms with Gasteiger partial charge in [-0.3, -0.25) is 9.69 Å². The van der Waals surface area contributed by atoms with Gasteiger partial charge in [-0.15, -0.1) is 0 Å². The van der Waals surface area contributed by atoms with Crippen molar-refractivity contribution in [3.05, 3.63) is 35.1 Å². The van der Waals surface area contributed by atoms with E-state index in [-0.39, 0.29) is 17.8 Å². The van der Waals surface area contributed by atoms with E-state index in [1.54, 1.807) is 13.0 Å². The molecule has 5 heteroatoms. The van der Waals surface area contributed by atoms with E-state index in [1.807, 2.05) is 11.0 Å². The number of aryl methyl sites for hydroxylation is 1. The van der Waals surface area contributed by atoms with Crippen molar-refractivity contribution in [2.24, 2.45) is 5.73 Å². The second kappa shape index (κ2) is 6.12. The predicted octanol–water partition coefficient (Wildman–Crippen LogP) is 0.783. The molecule has 0 aromatic heterocycles. The van der Waals surface area contributed by atoms with Gasteiger partial charge in [-0.05, 0) is 30.5 Å². The van der Waals surface area contributed by atoms with E-state index >= 15 is 0 Å². The van der Waals surface area contributed by atoms with Crippen molar-refractivity contribution in [2.75, 3.05) is 19.6 Å². The molecule has 1 aliphatic rings. The molecule has 4 nitrogen and oxygen atoms in total. The van der Waals surface area contributed by atoms with Crippen LogP contribution in [0.2, 0.25) is 0 Å². The van der Waals surface area contributed by atoms with Crippen molar-refractivity contribution in [1.29, 1.82) is 0 Å². The van der Waals surface area contributed by atoms with Crippen LogP contribution in [-0.4, -0.2) is 36.5 Å². The number of carbonyl (C=O) groups excluding carboxylic acids is 1. The van der Waals surface area contributed by atoms with Gasteiger partial charge < -0.3 is 11.1 Å². The number of nitrogens with zero attached hydrogens (tertiary/aromatic N) is 1. The Hall–Kier alpha value is -1.46. The zero-order chi connectivity index (χ0) is 13.8. The monoisotopic (exact) mass is 265 g/mol. The molecular formula is C14H20FN3O. The first-order valence-corrected chi connectivity index (χ1v) is 6.54. The maximum absolute atomic E-state index is 13.3. The smallest absolute Gasteiger partial charge is 0.234 e. The van der Waals surface area contributed by atoms with Crippen LogP contribution in [0.4, 0.5) is 4.39 Å². The number of nitrogens with one attached hydrogen (secondary N) is 1. The third-order valence-corrected chi connectivity index (χ3v) is 3.40. The number of amides is 1. The van der Waals surface area contributed by atoms with E-state index < -0.39 is 0 Å². The number of rotatable bonds is 4. The minimum atomic E-state index is -0.239. The van der Waals surface area contributed by atoms with Crippen molar-refractivity contribution >= 4 is 5.91 Å². The Bertz CT molecular complexity index is 464. The zero-order valence-electron chi connectivity index (χ0n) is 11.2. The van der Waals surface area contributed by atoms with Gasteiger partial charge >= 0.3 is 0 Å². The second-order valence-electron chi connectivity index (χ2n) is 5.14. The van der Waals surface area contributed by atoms with Crippen LogP contribution >= 0.6 is 0 Å². The van der Waals surface area contributed by atoms with Crippen molar-refractivity contribution in [3.63, 3.8) is 0 Å². The largest absolute Gasteiger partial charge is 0.351 e. The normalized spacial score (nSPS) is 19.6. The Kier molecular flexibility index (Phi) is 4.50. The molecule has 1 aromatic rings. The molecule has 1 aliphatic heterocycles. The molecule has 1 atom stereocenters. The number of hydrogen-bond donors (Lipinski definition) is 2. The minimum absolute atomic E-state index is 0.0462. The van der Waals surface area contributed by atoms with Gasteiger partial charge in [0.2, 0.25) is 5.91 Å². The SMILES string of the molecule is Cc1ccc(CNC(=O)CN2CCC(N)C2)cc1F. The van der Waals surface area contributed by atoms with E-state index in [1.165, 1.54) is 6.07 Å². The summed E-state index contributed by atoms with van der Waals surface area (Å²) in [5, 5.41) is 2.80. The van der Waals surface area contributed by atoms with Gasteiger partial charge in [0.1, 0.15) is 5.82 Å². The summed E-state index contributed by atoms with van der Waals surface area (Å²) in [6.07, 6.45) is 0.941. The van der Waals surface area contributed by atoms with Crippen molar-refractivity contribution in [3.8, 4) is 0 Å². The van der Waals surface area contributed by atoms with Gasteiger partial charge in [0, 0.05) is 25.7 Å². The molecular weight excluding hydrogens is 245 g/mol. The second-order valence-corrected chi connectivity index (χ2v) is 5.14. The first kappa shape index (κ1) is 14.0. The zero-order valence-corrected chi connectivity index (χ0v) is 11.2. The number of likely N-dealkylation sites (tertiary alicyclic amines) is 1. The molecule has 19 heavy (non-hydrogen) atoms. The third-order valence-electron chi connectivity index (χ3n) is 3.40. The van der Waals surface area contributed by atoms with E-state index in [0.29, 0.717) is 18.7 Å².